The summed E-state index contributed by atoms with van der Waals surface area (Å²) in [6.45, 7) is 13.3. The summed E-state index contributed by atoms with van der Waals surface area (Å²) in [4.78, 5) is 12.8. The van der Waals surface area contributed by atoms with E-state index < -0.39 is 0 Å². The quantitative estimate of drug-likeness (QED) is 0.427. The highest BCUT2D eigenvalue weighted by Gasteiger charge is 2.36. The Morgan fingerprint density at radius 2 is 1.40 bits per heavy atom. The molecule has 0 bridgehead atoms. The van der Waals surface area contributed by atoms with Crippen LogP contribution in [0.3, 0.4) is 0 Å². The predicted molar refractivity (Wildman–Crippen MR) is 93.4 cm³/mol. The topological polar surface area (TPSA) is 17.1 Å². The van der Waals surface area contributed by atoms with Gasteiger partial charge in [-0.15, -0.1) is 0 Å². The van der Waals surface area contributed by atoms with E-state index in [2.05, 4.69) is 41.5 Å². The maximum atomic E-state index is 12.8. The minimum atomic E-state index is -0.123. The highest BCUT2D eigenvalue weighted by Crippen LogP contribution is 2.42. The Morgan fingerprint density at radius 3 is 1.85 bits per heavy atom. The maximum absolute atomic E-state index is 12.8. The minimum absolute atomic E-state index is 0.123. The van der Waals surface area contributed by atoms with Crippen LogP contribution in [0, 0.1) is 5.41 Å². The predicted octanol–water partition coefficient (Wildman–Crippen LogP) is 6.60. The van der Waals surface area contributed by atoms with E-state index in [1.54, 1.807) is 11.8 Å². The van der Waals surface area contributed by atoms with Gasteiger partial charge in [0.25, 0.3) is 0 Å². The van der Waals surface area contributed by atoms with Crippen molar-refractivity contribution in [1.82, 2.24) is 0 Å². The average Bonchev–Trinajstić information content (AvgIpc) is 2.42. The van der Waals surface area contributed by atoms with Gasteiger partial charge in [-0.2, -0.15) is 0 Å². The van der Waals surface area contributed by atoms with E-state index in [0.29, 0.717) is 5.12 Å². The second-order valence-corrected chi connectivity index (χ2v) is 8.27. The molecule has 120 valence electrons. The molecule has 0 aliphatic rings. The Hall–Kier alpha value is 0.0200. The SMILES string of the molecule is CCCCC(C)(CCC)SC(=O)C(C)(CC)CCCC. The van der Waals surface area contributed by atoms with E-state index >= 15 is 0 Å². The molecule has 0 radical (unpaired) electrons. The third-order valence-corrected chi connectivity index (χ3v) is 6.11. The highest BCUT2D eigenvalue weighted by atomic mass is 32.2. The van der Waals surface area contributed by atoms with E-state index in [-0.39, 0.29) is 10.2 Å². The third-order valence-electron chi connectivity index (χ3n) is 4.53. The molecule has 0 aliphatic carbocycles. The molecule has 1 nitrogen and oxygen atoms in total. The Kier molecular flexibility index (Phi) is 9.88. The molecule has 0 aromatic carbocycles. The second kappa shape index (κ2) is 9.87. The standard InChI is InChI=1S/C18H36OS/c1-7-11-14-17(5,10-4)16(19)20-18(6,13-9-3)15-12-8-2/h7-15H2,1-6H3. The molecular formula is C18H36OS. The monoisotopic (exact) mass is 300 g/mol. The summed E-state index contributed by atoms with van der Waals surface area (Å²) in [5, 5.41) is 0.431. The Morgan fingerprint density at radius 1 is 0.850 bits per heavy atom. The van der Waals surface area contributed by atoms with Gasteiger partial charge in [-0.1, -0.05) is 78.5 Å². The summed E-state index contributed by atoms with van der Waals surface area (Å²) in [5.74, 6) is 0. The molecule has 0 N–H and O–H groups in total. The van der Waals surface area contributed by atoms with Gasteiger partial charge < -0.3 is 0 Å². The van der Waals surface area contributed by atoms with Gasteiger partial charge in [-0.05, 0) is 32.6 Å². The molecule has 0 spiro atoms. The van der Waals surface area contributed by atoms with Crippen LogP contribution in [-0.4, -0.2) is 9.86 Å². The lowest BCUT2D eigenvalue weighted by atomic mass is 9.84. The third kappa shape index (κ3) is 6.65. The molecule has 0 heterocycles. The molecule has 0 aliphatic heterocycles. The summed E-state index contributed by atoms with van der Waals surface area (Å²) < 4.78 is 0.143. The normalized spacial score (nSPS) is 17.5. The second-order valence-electron chi connectivity index (χ2n) is 6.71. The van der Waals surface area contributed by atoms with Crippen molar-refractivity contribution in [2.45, 2.75) is 104 Å². The van der Waals surface area contributed by atoms with Gasteiger partial charge in [0.1, 0.15) is 0 Å². The van der Waals surface area contributed by atoms with Gasteiger partial charge in [0, 0.05) is 10.2 Å². The van der Waals surface area contributed by atoms with Crippen LogP contribution in [0.2, 0.25) is 0 Å². The molecule has 0 rings (SSSR count). The summed E-state index contributed by atoms with van der Waals surface area (Å²) in [7, 11) is 0. The maximum Gasteiger partial charge on any atom is 0.195 e. The smallest absolute Gasteiger partial charge is 0.195 e. The summed E-state index contributed by atoms with van der Waals surface area (Å²) in [6.07, 6.45) is 10.3. The lowest BCUT2D eigenvalue weighted by molar-refractivity contribution is -0.119. The van der Waals surface area contributed by atoms with Gasteiger partial charge in [0.05, 0.1) is 0 Å². The Balaban J connectivity index is 4.78. The molecule has 0 amide bonds. The molecule has 2 heteroatoms. The number of hydrogen-bond acceptors (Lipinski definition) is 2. The minimum Gasteiger partial charge on any atom is -0.287 e. The van der Waals surface area contributed by atoms with Gasteiger partial charge in [-0.25, -0.2) is 0 Å². The number of thioether (sulfide) groups is 1. The lowest BCUT2D eigenvalue weighted by Crippen LogP contribution is -2.31. The first kappa shape index (κ1) is 20.0. The Bertz CT molecular complexity index is 277. The van der Waals surface area contributed by atoms with Crippen molar-refractivity contribution in [2.75, 3.05) is 0 Å². The summed E-state index contributed by atoms with van der Waals surface area (Å²) in [5.41, 5.74) is -0.123. The number of hydrogen-bond donors (Lipinski definition) is 0. The molecule has 0 aromatic rings. The number of rotatable bonds is 11. The van der Waals surface area contributed by atoms with Crippen LogP contribution in [0.4, 0.5) is 0 Å². The van der Waals surface area contributed by atoms with E-state index in [1.807, 2.05) is 0 Å². The van der Waals surface area contributed by atoms with Crippen LogP contribution >= 0.6 is 11.8 Å². The van der Waals surface area contributed by atoms with Crippen LogP contribution in [0.15, 0.2) is 0 Å². The molecule has 0 saturated carbocycles. The molecule has 2 atom stereocenters. The summed E-state index contributed by atoms with van der Waals surface area (Å²) >= 11 is 1.65. The van der Waals surface area contributed by atoms with Crippen LogP contribution in [-0.2, 0) is 4.79 Å². The zero-order valence-corrected chi connectivity index (χ0v) is 15.5. The van der Waals surface area contributed by atoms with Crippen molar-refractivity contribution in [2.24, 2.45) is 5.41 Å². The first-order valence-electron chi connectivity index (χ1n) is 8.61. The van der Waals surface area contributed by atoms with E-state index in [0.717, 1.165) is 32.1 Å². The first-order chi connectivity index (χ1) is 9.37. The zero-order chi connectivity index (χ0) is 15.6. The summed E-state index contributed by atoms with van der Waals surface area (Å²) in [6, 6.07) is 0. The van der Waals surface area contributed by atoms with Crippen LogP contribution in [0.1, 0.15) is 99.3 Å². The number of carbonyl (C=O) groups excluding carboxylic acids is 1. The van der Waals surface area contributed by atoms with Crippen molar-refractivity contribution in [1.29, 1.82) is 0 Å². The van der Waals surface area contributed by atoms with Gasteiger partial charge in [0.15, 0.2) is 5.12 Å². The van der Waals surface area contributed by atoms with Crippen LogP contribution < -0.4 is 0 Å². The first-order valence-corrected chi connectivity index (χ1v) is 9.42. The highest BCUT2D eigenvalue weighted by molar-refractivity contribution is 8.14. The van der Waals surface area contributed by atoms with Crippen molar-refractivity contribution in [3.8, 4) is 0 Å². The van der Waals surface area contributed by atoms with Crippen molar-refractivity contribution in [3.05, 3.63) is 0 Å². The fourth-order valence-corrected chi connectivity index (χ4v) is 4.14. The molecule has 2 unspecified atom stereocenters. The van der Waals surface area contributed by atoms with Crippen LogP contribution in [0.5, 0.6) is 0 Å². The van der Waals surface area contributed by atoms with E-state index in [4.69, 9.17) is 0 Å². The zero-order valence-electron chi connectivity index (χ0n) is 14.7. The van der Waals surface area contributed by atoms with E-state index in [9.17, 15) is 4.79 Å². The van der Waals surface area contributed by atoms with Crippen LogP contribution in [0.25, 0.3) is 0 Å². The number of carbonyl (C=O) groups is 1. The van der Waals surface area contributed by atoms with E-state index in [1.165, 1.54) is 25.7 Å². The average molecular weight is 301 g/mol. The largest absolute Gasteiger partial charge is 0.287 e. The molecule has 0 aromatic heterocycles. The van der Waals surface area contributed by atoms with Crippen molar-refractivity contribution < 1.29 is 4.79 Å². The lowest BCUT2D eigenvalue weighted by Gasteiger charge is -2.33. The molecule has 20 heavy (non-hydrogen) atoms. The van der Waals surface area contributed by atoms with Gasteiger partial charge in [0.2, 0.25) is 0 Å². The van der Waals surface area contributed by atoms with Crippen molar-refractivity contribution in [3.63, 3.8) is 0 Å². The molecular weight excluding hydrogens is 264 g/mol. The van der Waals surface area contributed by atoms with Crippen molar-refractivity contribution >= 4 is 16.9 Å². The van der Waals surface area contributed by atoms with Gasteiger partial charge >= 0.3 is 0 Å². The fourth-order valence-electron chi connectivity index (χ4n) is 2.64. The number of unbranched alkanes of at least 4 members (excludes halogenated alkanes) is 2. The molecule has 0 saturated heterocycles. The van der Waals surface area contributed by atoms with Gasteiger partial charge in [-0.3, -0.25) is 4.79 Å². The Labute approximate surface area is 131 Å². The molecule has 0 fully saturated rings. The fraction of sp³-hybridized carbons (Fsp3) is 0.944.